The van der Waals surface area contributed by atoms with Crippen LogP contribution in [0.5, 0.6) is 0 Å². The van der Waals surface area contributed by atoms with Gasteiger partial charge < -0.3 is 10.1 Å². The number of rotatable bonds is 6. The standard InChI is InChI=1S/C11H23NO2/c1-6-7-12-10(9(2)13)8-14-11(3,4)5/h10,12H,6-8H2,1-5H3/t10-/m1/s1. The molecule has 0 heterocycles. The fraction of sp³-hybridized carbons (Fsp3) is 0.909. The fourth-order valence-electron chi connectivity index (χ4n) is 0.972. The summed E-state index contributed by atoms with van der Waals surface area (Å²) < 4.78 is 5.57. The summed E-state index contributed by atoms with van der Waals surface area (Å²) in [4.78, 5) is 11.2. The summed E-state index contributed by atoms with van der Waals surface area (Å²) in [7, 11) is 0. The van der Waals surface area contributed by atoms with Gasteiger partial charge in [0, 0.05) is 0 Å². The highest BCUT2D eigenvalue weighted by Crippen LogP contribution is 2.07. The first-order valence-electron chi connectivity index (χ1n) is 5.24. The Morgan fingerprint density at radius 1 is 1.43 bits per heavy atom. The topological polar surface area (TPSA) is 38.3 Å². The van der Waals surface area contributed by atoms with Gasteiger partial charge in [0.25, 0.3) is 0 Å². The second-order valence-electron chi connectivity index (χ2n) is 4.54. The van der Waals surface area contributed by atoms with Crippen LogP contribution in [-0.2, 0) is 9.53 Å². The third kappa shape index (κ3) is 7.04. The van der Waals surface area contributed by atoms with Gasteiger partial charge in [-0.2, -0.15) is 0 Å². The fourth-order valence-corrected chi connectivity index (χ4v) is 0.972. The van der Waals surface area contributed by atoms with Gasteiger partial charge in [-0.1, -0.05) is 6.92 Å². The molecule has 3 nitrogen and oxygen atoms in total. The molecule has 14 heavy (non-hydrogen) atoms. The Hall–Kier alpha value is -0.410. The maximum absolute atomic E-state index is 11.2. The highest BCUT2D eigenvalue weighted by molar-refractivity contribution is 5.81. The Morgan fingerprint density at radius 2 is 2.00 bits per heavy atom. The van der Waals surface area contributed by atoms with Crippen molar-refractivity contribution in [2.75, 3.05) is 13.2 Å². The number of Topliss-reactive ketones (excluding diaryl/α,β-unsaturated/α-hetero) is 1. The van der Waals surface area contributed by atoms with Gasteiger partial charge in [-0.25, -0.2) is 0 Å². The van der Waals surface area contributed by atoms with Crippen LogP contribution in [0.4, 0.5) is 0 Å². The van der Waals surface area contributed by atoms with E-state index in [-0.39, 0.29) is 17.4 Å². The van der Waals surface area contributed by atoms with Gasteiger partial charge in [-0.15, -0.1) is 0 Å². The minimum absolute atomic E-state index is 0.141. The van der Waals surface area contributed by atoms with E-state index >= 15 is 0 Å². The molecule has 0 amide bonds. The molecule has 0 saturated carbocycles. The Labute approximate surface area is 87.2 Å². The molecule has 0 saturated heterocycles. The number of ether oxygens (including phenoxy) is 1. The van der Waals surface area contributed by atoms with Gasteiger partial charge in [-0.3, -0.25) is 4.79 Å². The van der Waals surface area contributed by atoms with E-state index in [0.717, 1.165) is 13.0 Å². The molecule has 0 rings (SSSR count). The van der Waals surface area contributed by atoms with E-state index in [1.807, 2.05) is 20.8 Å². The number of nitrogens with one attached hydrogen (secondary N) is 1. The average molecular weight is 201 g/mol. The molecule has 0 aromatic carbocycles. The van der Waals surface area contributed by atoms with E-state index in [9.17, 15) is 4.79 Å². The molecule has 0 aromatic rings. The van der Waals surface area contributed by atoms with Gasteiger partial charge in [0.2, 0.25) is 0 Å². The number of hydrogen-bond acceptors (Lipinski definition) is 3. The summed E-state index contributed by atoms with van der Waals surface area (Å²) in [5.41, 5.74) is -0.179. The summed E-state index contributed by atoms with van der Waals surface area (Å²) in [6.07, 6.45) is 1.03. The number of ketones is 1. The smallest absolute Gasteiger partial charge is 0.149 e. The highest BCUT2D eigenvalue weighted by atomic mass is 16.5. The molecule has 84 valence electrons. The van der Waals surface area contributed by atoms with Crippen molar-refractivity contribution in [3.63, 3.8) is 0 Å². The third-order valence-electron chi connectivity index (χ3n) is 1.81. The van der Waals surface area contributed by atoms with Crippen LogP contribution in [0.15, 0.2) is 0 Å². The van der Waals surface area contributed by atoms with Crippen LogP contribution in [0.3, 0.4) is 0 Å². The van der Waals surface area contributed by atoms with Crippen molar-refractivity contribution in [1.29, 1.82) is 0 Å². The van der Waals surface area contributed by atoms with Crippen molar-refractivity contribution in [3.8, 4) is 0 Å². The van der Waals surface area contributed by atoms with Crippen LogP contribution < -0.4 is 5.32 Å². The molecular formula is C11H23NO2. The zero-order valence-corrected chi connectivity index (χ0v) is 10.0. The van der Waals surface area contributed by atoms with Crippen molar-refractivity contribution in [2.45, 2.75) is 52.7 Å². The lowest BCUT2D eigenvalue weighted by molar-refractivity contribution is -0.122. The normalized spacial score (nSPS) is 14.1. The van der Waals surface area contributed by atoms with Crippen molar-refractivity contribution < 1.29 is 9.53 Å². The quantitative estimate of drug-likeness (QED) is 0.711. The molecule has 0 unspecified atom stereocenters. The molecule has 3 heteroatoms. The molecule has 1 N–H and O–H groups in total. The molecule has 0 spiro atoms. The predicted molar refractivity (Wildman–Crippen MR) is 58.5 cm³/mol. The Bertz CT molecular complexity index is 173. The van der Waals surface area contributed by atoms with Crippen LogP contribution in [0.25, 0.3) is 0 Å². The van der Waals surface area contributed by atoms with Crippen LogP contribution in [-0.4, -0.2) is 30.6 Å². The summed E-state index contributed by atoms with van der Waals surface area (Å²) in [6, 6.07) is -0.158. The largest absolute Gasteiger partial charge is 0.374 e. The zero-order valence-electron chi connectivity index (χ0n) is 10.0. The molecule has 1 atom stereocenters. The molecule has 0 aromatic heterocycles. The highest BCUT2D eigenvalue weighted by Gasteiger charge is 2.17. The summed E-state index contributed by atoms with van der Waals surface area (Å²) >= 11 is 0. The average Bonchev–Trinajstić information content (AvgIpc) is 2.01. The predicted octanol–water partition coefficient (Wildman–Crippen LogP) is 1.76. The van der Waals surface area contributed by atoms with Gasteiger partial charge in [0.1, 0.15) is 5.78 Å². The van der Waals surface area contributed by atoms with Gasteiger partial charge >= 0.3 is 0 Å². The maximum Gasteiger partial charge on any atom is 0.149 e. The van der Waals surface area contributed by atoms with E-state index in [2.05, 4.69) is 12.2 Å². The number of carbonyl (C=O) groups excluding carboxylic acids is 1. The number of carbonyl (C=O) groups is 1. The molecule has 0 fully saturated rings. The van der Waals surface area contributed by atoms with Gasteiger partial charge in [0.05, 0.1) is 18.2 Å². The molecule has 0 aliphatic rings. The van der Waals surface area contributed by atoms with Crippen molar-refractivity contribution in [3.05, 3.63) is 0 Å². The first-order chi connectivity index (χ1) is 6.37. The van der Waals surface area contributed by atoms with Crippen molar-refractivity contribution in [1.82, 2.24) is 5.32 Å². The first kappa shape index (κ1) is 13.6. The molecule has 0 aliphatic carbocycles. The van der Waals surface area contributed by atoms with Crippen LogP contribution in [0.1, 0.15) is 41.0 Å². The van der Waals surface area contributed by atoms with E-state index < -0.39 is 0 Å². The van der Waals surface area contributed by atoms with E-state index in [1.54, 1.807) is 6.92 Å². The van der Waals surface area contributed by atoms with Crippen molar-refractivity contribution >= 4 is 5.78 Å². The minimum Gasteiger partial charge on any atom is -0.374 e. The lowest BCUT2D eigenvalue weighted by atomic mass is 10.1. The molecule has 0 bridgehead atoms. The lowest BCUT2D eigenvalue weighted by Crippen LogP contribution is -2.41. The Kier molecular flexibility index (Phi) is 5.96. The molecule has 0 radical (unpaired) electrons. The summed E-state index contributed by atoms with van der Waals surface area (Å²) in [5, 5.41) is 3.17. The van der Waals surface area contributed by atoms with E-state index in [1.165, 1.54) is 0 Å². The van der Waals surface area contributed by atoms with Crippen LogP contribution in [0.2, 0.25) is 0 Å². The van der Waals surface area contributed by atoms with Gasteiger partial charge in [-0.05, 0) is 40.7 Å². The Morgan fingerprint density at radius 3 is 2.36 bits per heavy atom. The maximum atomic E-state index is 11.2. The monoisotopic (exact) mass is 201 g/mol. The molecule has 0 aliphatic heterocycles. The second-order valence-corrected chi connectivity index (χ2v) is 4.54. The van der Waals surface area contributed by atoms with E-state index in [4.69, 9.17) is 4.74 Å². The minimum atomic E-state index is -0.179. The van der Waals surface area contributed by atoms with Crippen LogP contribution in [0, 0.1) is 0 Å². The van der Waals surface area contributed by atoms with E-state index in [0.29, 0.717) is 6.61 Å². The third-order valence-corrected chi connectivity index (χ3v) is 1.81. The first-order valence-corrected chi connectivity index (χ1v) is 5.24. The molecular weight excluding hydrogens is 178 g/mol. The van der Waals surface area contributed by atoms with Crippen LogP contribution >= 0.6 is 0 Å². The summed E-state index contributed by atoms with van der Waals surface area (Å²) in [5.74, 6) is 0.141. The van der Waals surface area contributed by atoms with Crippen molar-refractivity contribution in [2.24, 2.45) is 0 Å². The summed E-state index contributed by atoms with van der Waals surface area (Å²) in [6.45, 7) is 11.0. The number of hydrogen-bond donors (Lipinski definition) is 1. The Balaban J connectivity index is 3.91. The van der Waals surface area contributed by atoms with Gasteiger partial charge in [0.15, 0.2) is 0 Å². The zero-order chi connectivity index (χ0) is 11.2. The second kappa shape index (κ2) is 6.14. The SMILES string of the molecule is CCCN[C@H](COC(C)(C)C)C(C)=O. The lowest BCUT2D eigenvalue weighted by Gasteiger charge is -2.23.